The van der Waals surface area contributed by atoms with Gasteiger partial charge >= 0.3 is 0 Å². The van der Waals surface area contributed by atoms with E-state index in [4.69, 9.17) is 11.2 Å². The Balaban J connectivity index is 2.69. The Labute approximate surface area is 55.2 Å². The molecule has 1 nitrogen and oxygen atoms in total. The lowest BCUT2D eigenvalue weighted by Gasteiger charge is -1.96. The van der Waals surface area contributed by atoms with Gasteiger partial charge < -0.3 is 4.74 Å². The molecule has 0 aromatic carbocycles. The zero-order valence-corrected chi connectivity index (χ0v) is 5.40. The zero-order chi connectivity index (χ0) is 6.95. The van der Waals surface area contributed by atoms with E-state index in [1.165, 1.54) is 0 Å². The Morgan fingerprint density at radius 3 is 2.78 bits per heavy atom. The molecule has 0 aliphatic heterocycles. The lowest BCUT2D eigenvalue weighted by atomic mass is 10.3. The second-order valence-corrected chi connectivity index (χ2v) is 1.61. The molecule has 0 unspecified atom stereocenters. The van der Waals surface area contributed by atoms with Gasteiger partial charge in [0.25, 0.3) is 0 Å². The second kappa shape index (κ2) is 7.45. The number of halogens is 1. The molecule has 0 spiro atoms. The van der Waals surface area contributed by atoms with E-state index in [0.717, 1.165) is 6.42 Å². The molecule has 0 saturated heterocycles. The summed E-state index contributed by atoms with van der Waals surface area (Å²) in [6.07, 6.45) is 6.51. The molecular formula is C7H11FO. The van der Waals surface area contributed by atoms with E-state index >= 15 is 0 Å². The summed E-state index contributed by atoms with van der Waals surface area (Å²) in [7, 11) is 0. The Hall–Kier alpha value is -0.550. The fourth-order valence-corrected chi connectivity index (χ4v) is 0.433. The quantitative estimate of drug-likeness (QED) is 0.402. The van der Waals surface area contributed by atoms with Crippen LogP contribution >= 0.6 is 0 Å². The first-order valence-electron chi connectivity index (χ1n) is 2.99. The van der Waals surface area contributed by atoms with Crippen molar-refractivity contribution in [3.8, 4) is 12.3 Å². The highest BCUT2D eigenvalue weighted by molar-refractivity contribution is 4.82. The van der Waals surface area contributed by atoms with Crippen LogP contribution in [0.5, 0.6) is 0 Å². The van der Waals surface area contributed by atoms with Gasteiger partial charge in [0.15, 0.2) is 0 Å². The van der Waals surface area contributed by atoms with Crippen LogP contribution in [0.2, 0.25) is 0 Å². The summed E-state index contributed by atoms with van der Waals surface area (Å²) < 4.78 is 16.2. The molecule has 52 valence electrons. The molecule has 0 bridgehead atoms. The maximum absolute atomic E-state index is 11.3. The molecule has 0 aromatic heterocycles. The summed E-state index contributed by atoms with van der Waals surface area (Å²) in [6, 6.07) is 0. The summed E-state index contributed by atoms with van der Waals surface area (Å²) in [5, 5.41) is 0. The zero-order valence-electron chi connectivity index (χ0n) is 5.40. The van der Waals surface area contributed by atoms with Gasteiger partial charge in [0.1, 0.15) is 6.67 Å². The fourth-order valence-electron chi connectivity index (χ4n) is 0.433. The van der Waals surface area contributed by atoms with Crippen LogP contribution in [-0.4, -0.2) is 19.9 Å². The van der Waals surface area contributed by atoms with E-state index in [-0.39, 0.29) is 6.61 Å². The van der Waals surface area contributed by atoms with Gasteiger partial charge in [-0.2, -0.15) is 0 Å². The highest BCUT2D eigenvalue weighted by Gasteiger charge is 1.84. The van der Waals surface area contributed by atoms with Crippen LogP contribution in [0, 0.1) is 12.3 Å². The predicted molar refractivity (Wildman–Crippen MR) is 34.9 cm³/mol. The maximum atomic E-state index is 11.3. The smallest absolute Gasteiger partial charge is 0.113 e. The molecule has 0 aromatic rings. The Morgan fingerprint density at radius 1 is 1.44 bits per heavy atom. The van der Waals surface area contributed by atoms with Crippen LogP contribution in [0.3, 0.4) is 0 Å². The number of alkyl halides is 1. The maximum Gasteiger partial charge on any atom is 0.113 e. The average Bonchev–Trinajstić information content (AvgIpc) is 1.89. The molecule has 9 heavy (non-hydrogen) atoms. The van der Waals surface area contributed by atoms with Crippen molar-refractivity contribution < 1.29 is 9.13 Å². The van der Waals surface area contributed by atoms with Crippen LogP contribution in [0.25, 0.3) is 0 Å². The minimum atomic E-state index is -0.407. The number of terminal acetylenes is 1. The SMILES string of the molecule is C#CCCCOCC[18F]. The first kappa shape index (κ1) is 8.45. The average molecular weight is 129 g/mol. The highest BCUT2D eigenvalue weighted by atomic mass is 18.2. The van der Waals surface area contributed by atoms with E-state index in [0.29, 0.717) is 13.0 Å². The van der Waals surface area contributed by atoms with Gasteiger partial charge in [0.2, 0.25) is 0 Å². The molecule has 2 heteroatoms. The number of hydrogen-bond acceptors (Lipinski definition) is 1. The van der Waals surface area contributed by atoms with Gasteiger partial charge in [-0.25, -0.2) is 4.39 Å². The highest BCUT2D eigenvalue weighted by Crippen LogP contribution is 1.86. The van der Waals surface area contributed by atoms with Crippen LogP contribution in [0.15, 0.2) is 0 Å². The molecule has 0 aliphatic carbocycles. The number of rotatable bonds is 5. The Bertz CT molecular complexity index is 85.4. The van der Waals surface area contributed by atoms with Crippen molar-refractivity contribution in [1.29, 1.82) is 0 Å². The number of ether oxygens (including phenoxy) is 1. The molecule has 0 radical (unpaired) electrons. The summed E-state index contributed by atoms with van der Waals surface area (Å²) >= 11 is 0. The molecule has 0 atom stereocenters. The first-order chi connectivity index (χ1) is 4.41. The normalized spacial score (nSPS) is 8.89. The van der Waals surface area contributed by atoms with Crippen molar-refractivity contribution in [3.05, 3.63) is 0 Å². The van der Waals surface area contributed by atoms with Crippen molar-refractivity contribution in [3.63, 3.8) is 0 Å². The molecule has 0 fully saturated rings. The van der Waals surface area contributed by atoms with E-state index in [2.05, 4.69) is 5.92 Å². The summed E-state index contributed by atoms with van der Waals surface area (Å²) in [5.41, 5.74) is 0. The number of unbranched alkanes of at least 4 members (excludes halogenated alkanes) is 1. The Morgan fingerprint density at radius 2 is 2.22 bits per heavy atom. The molecular weight excluding hydrogens is 118 g/mol. The molecule has 0 saturated carbocycles. The van der Waals surface area contributed by atoms with Crippen molar-refractivity contribution >= 4 is 0 Å². The van der Waals surface area contributed by atoms with E-state index in [1.54, 1.807) is 0 Å². The standard InChI is InChI=1S/C7H11FO/c1-2-3-4-6-9-7-5-8/h1H,3-7H2/i8-1. The third kappa shape index (κ3) is 7.45. The van der Waals surface area contributed by atoms with E-state index < -0.39 is 6.67 Å². The lowest BCUT2D eigenvalue weighted by Crippen LogP contribution is -1.97. The van der Waals surface area contributed by atoms with Gasteiger partial charge in [0, 0.05) is 13.0 Å². The van der Waals surface area contributed by atoms with Crippen molar-refractivity contribution in [2.75, 3.05) is 19.9 Å². The molecule has 0 N–H and O–H groups in total. The monoisotopic (exact) mass is 129 g/mol. The molecule has 0 amide bonds. The summed E-state index contributed by atoms with van der Waals surface area (Å²) in [6.45, 7) is 0.370. The predicted octanol–water partition coefficient (Wildman–Crippen LogP) is 1.39. The molecule has 0 heterocycles. The second-order valence-electron chi connectivity index (χ2n) is 1.61. The van der Waals surface area contributed by atoms with Crippen molar-refractivity contribution in [1.82, 2.24) is 0 Å². The van der Waals surface area contributed by atoms with Gasteiger partial charge in [-0.3, -0.25) is 0 Å². The molecule has 0 rings (SSSR count). The van der Waals surface area contributed by atoms with E-state index in [9.17, 15) is 4.39 Å². The van der Waals surface area contributed by atoms with Gasteiger partial charge in [-0.15, -0.1) is 12.3 Å². The van der Waals surface area contributed by atoms with E-state index in [1.807, 2.05) is 0 Å². The number of hydrogen-bond donors (Lipinski definition) is 0. The first-order valence-corrected chi connectivity index (χ1v) is 2.99. The minimum absolute atomic E-state index is 0.199. The van der Waals surface area contributed by atoms with Gasteiger partial charge in [0.05, 0.1) is 6.61 Å². The van der Waals surface area contributed by atoms with Gasteiger partial charge in [-0.1, -0.05) is 0 Å². The summed E-state index contributed by atoms with van der Waals surface area (Å²) in [4.78, 5) is 0. The lowest BCUT2D eigenvalue weighted by molar-refractivity contribution is 0.118. The van der Waals surface area contributed by atoms with Crippen molar-refractivity contribution in [2.45, 2.75) is 12.8 Å². The third-order valence-corrected chi connectivity index (χ3v) is 0.831. The van der Waals surface area contributed by atoms with Gasteiger partial charge in [-0.05, 0) is 6.42 Å². The summed E-state index contributed by atoms with van der Waals surface area (Å²) in [5.74, 6) is 2.47. The largest absolute Gasteiger partial charge is 0.379 e. The van der Waals surface area contributed by atoms with Crippen LogP contribution in [0.1, 0.15) is 12.8 Å². The van der Waals surface area contributed by atoms with Crippen LogP contribution in [0.4, 0.5) is 4.39 Å². The topological polar surface area (TPSA) is 9.23 Å². The minimum Gasteiger partial charge on any atom is -0.379 e. The molecule has 0 aliphatic rings. The fraction of sp³-hybridized carbons (Fsp3) is 0.714. The van der Waals surface area contributed by atoms with Crippen molar-refractivity contribution in [2.24, 2.45) is 0 Å². The Kier molecular flexibility index (Phi) is 6.99. The third-order valence-electron chi connectivity index (χ3n) is 0.831. The van der Waals surface area contributed by atoms with Crippen LogP contribution < -0.4 is 0 Å². The van der Waals surface area contributed by atoms with Crippen LogP contribution in [-0.2, 0) is 4.74 Å².